The van der Waals surface area contributed by atoms with Gasteiger partial charge in [0, 0.05) is 5.69 Å². The summed E-state index contributed by atoms with van der Waals surface area (Å²) in [5, 5.41) is 4.03. The van der Waals surface area contributed by atoms with E-state index in [1.807, 2.05) is 6.07 Å². The molecular weight excluding hydrogens is 292 g/mol. The van der Waals surface area contributed by atoms with Crippen molar-refractivity contribution in [2.75, 3.05) is 4.72 Å². The molecule has 21 heavy (non-hydrogen) atoms. The van der Waals surface area contributed by atoms with Gasteiger partial charge in [0.15, 0.2) is 5.03 Å². The molecule has 0 bridgehead atoms. The van der Waals surface area contributed by atoms with E-state index in [9.17, 15) is 8.42 Å². The number of hydrogen-bond donors (Lipinski definition) is 2. The molecule has 0 radical (unpaired) electrons. The maximum absolute atomic E-state index is 12.1. The van der Waals surface area contributed by atoms with Gasteiger partial charge in [-0.25, -0.2) is 14.6 Å². The molecule has 3 rings (SSSR count). The normalized spacial score (nSPS) is 11.4. The molecule has 108 valence electrons. The highest BCUT2D eigenvalue weighted by Crippen LogP contribution is 2.16. The molecule has 2 aromatic heterocycles. The Hall–Kier alpha value is -2.68. The summed E-state index contributed by atoms with van der Waals surface area (Å²) >= 11 is 0. The van der Waals surface area contributed by atoms with Crippen LogP contribution in [0, 0.1) is 0 Å². The van der Waals surface area contributed by atoms with Crippen LogP contribution in [0.15, 0.2) is 54.5 Å². The molecule has 0 spiro atoms. The van der Waals surface area contributed by atoms with Crippen LogP contribution in [0.4, 0.5) is 5.69 Å². The summed E-state index contributed by atoms with van der Waals surface area (Å²) in [6.45, 7) is 0.514. The summed E-state index contributed by atoms with van der Waals surface area (Å²) < 4.78 is 28.3. The number of nitrogens with zero attached hydrogens (tertiary/aromatic N) is 4. The summed E-state index contributed by atoms with van der Waals surface area (Å²) in [7, 11) is -3.65. The van der Waals surface area contributed by atoms with Gasteiger partial charge in [0.25, 0.3) is 10.0 Å². The van der Waals surface area contributed by atoms with E-state index in [0.29, 0.717) is 12.2 Å². The summed E-state index contributed by atoms with van der Waals surface area (Å²) in [5.41, 5.74) is 1.38. The van der Waals surface area contributed by atoms with Crippen molar-refractivity contribution in [1.29, 1.82) is 0 Å². The summed E-state index contributed by atoms with van der Waals surface area (Å²) in [6, 6.07) is 7.08. The van der Waals surface area contributed by atoms with Crippen molar-refractivity contribution in [2.45, 2.75) is 11.6 Å². The second kappa shape index (κ2) is 5.37. The van der Waals surface area contributed by atoms with Crippen LogP contribution in [0.25, 0.3) is 0 Å². The van der Waals surface area contributed by atoms with Crippen LogP contribution in [0.5, 0.6) is 0 Å². The van der Waals surface area contributed by atoms with Crippen molar-refractivity contribution < 1.29 is 8.42 Å². The monoisotopic (exact) mass is 304 g/mol. The molecule has 9 heteroatoms. The zero-order valence-corrected chi connectivity index (χ0v) is 11.7. The number of imidazole rings is 1. The van der Waals surface area contributed by atoms with Crippen LogP contribution in [-0.2, 0) is 16.6 Å². The lowest BCUT2D eigenvalue weighted by Crippen LogP contribution is -2.13. The first-order valence-corrected chi connectivity index (χ1v) is 7.54. The summed E-state index contributed by atoms with van der Waals surface area (Å²) in [5.74, 6) is 0. The number of benzene rings is 1. The Morgan fingerprint density at radius 1 is 1.29 bits per heavy atom. The molecule has 0 aliphatic carbocycles. The first-order valence-electron chi connectivity index (χ1n) is 6.06. The van der Waals surface area contributed by atoms with Gasteiger partial charge in [0.05, 0.1) is 19.1 Å². The Morgan fingerprint density at radius 3 is 2.90 bits per heavy atom. The summed E-state index contributed by atoms with van der Waals surface area (Å²) in [4.78, 5) is 10.1. The molecule has 0 aliphatic heterocycles. The first kappa shape index (κ1) is 13.3. The Morgan fingerprint density at radius 2 is 2.19 bits per heavy atom. The van der Waals surface area contributed by atoms with Crippen LogP contribution in [0.3, 0.4) is 0 Å². The van der Waals surface area contributed by atoms with E-state index in [-0.39, 0.29) is 5.03 Å². The smallest absolute Gasteiger partial charge is 0.278 e. The van der Waals surface area contributed by atoms with Crippen molar-refractivity contribution in [1.82, 2.24) is 24.7 Å². The van der Waals surface area contributed by atoms with Gasteiger partial charge in [-0.3, -0.25) is 4.72 Å². The predicted octanol–water partition coefficient (Wildman–Crippen LogP) is 0.850. The third-order valence-electron chi connectivity index (χ3n) is 2.75. The molecule has 0 unspecified atom stereocenters. The van der Waals surface area contributed by atoms with Gasteiger partial charge in [0.1, 0.15) is 12.7 Å². The van der Waals surface area contributed by atoms with Gasteiger partial charge in [-0.05, 0) is 17.7 Å². The Balaban J connectivity index is 1.80. The van der Waals surface area contributed by atoms with E-state index in [1.165, 1.54) is 18.9 Å². The van der Waals surface area contributed by atoms with E-state index in [0.717, 1.165) is 5.56 Å². The molecule has 0 atom stereocenters. The molecule has 3 aromatic rings. The lowest BCUT2D eigenvalue weighted by Gasteiger charge is -2.08. The maximum atomic E-state index is 12.1. The van der Waals surface area contributed by atoms with E-state index in [4.69, 9.17) is 0 Å². The van der Waals surface area contributed by atoms with Gasteiger partial charge in [-0.2, -0.15) is 13.5 Å². The average Bonchev–Trinajstić information content (AvgIpc) is 3.11. The van der Waals surface area contributed by atoms with Crippen LogP contribution in [0.2, 0.25) is 0 Å². The second-order valence-electron chi connectivity index (χ2n) is 4.31. The molecule has 0 fully saturated rings. The fourth-order valence-corrected chi connectivity index (χ4v) is 2.79. The number of aromatic nitrogens is 5. The lowest BCUT2D eigenvalue weighted by atomic mass is 10.2. The largest absolute Gasteiger partial charge is 0.334 e. The Kier molecular flexibility index (Phi) is 3.40. The van der Waals surface area contributed by atoms with Gasteiger partial charge in [-0.15, -0.1) is 0 Å². The van der Waals surface area contributed by atoms with Gasteiger partial charge in [-0.1, -0.05) is 12.1 Å². The number of sulfonamides is 1. The number of H-pyrrole nitrogens is 1. The third kappa shape index (κ3) is 3.08. The van der Waals surface area contributed by atoms with Gasteiger partial charge >= 0.3 is 0 Å². The molecule has 0 amide bonds. The van der Waals surface area contributed by atoms with Crippen molar-refractivity contribution in [2.24, 2.45) is 0 Å². The topological polar surface area (TPSA) is 106 Å². The van der Waals surface area contributed by atoms with Crippen LogP contribution >= 0.6 is 0 Å². The van der Waals surface area contributed by atoms with Crippen LogP contribution < -0.4 is 4.72 Å². The minimum Gasteiger partial charge on any atom is -0.334 e. The number of anilines is 1. The maximum Gasteiger partial charge on any atom is 0.278 e. The average molecular weight is 304 g/mol. The molecule has 1 aromatic carbocycles. The standard InChI is InChI=1S/C12H12N6O2S/c19-21(20,12-5-13-7-15-12)17-11-3-1-2-10(4-11)6-18-9-14-8-16-18/h1-5,7-9,17H,6H2,(H,13,15). The molecular formula is C12H12N6O2S. The number of rotatable bonds is 5. The lowest BCUT2D eigenvalue weighted by molar-refractivity contribution is 0.598. The molecule has 2 N–H and O–H groups in total. The fraction of sp³-hybridized carbons (Fsp3) is 0.0833. The minimum absolute atomic E-state index is 0.0178. The molecule has 2 heterocycles. The van der Waals surface area contributed by atoms with Crippen molar-refractivity contribution in [3.8, 4) is 0 Å². The highest BCUT2D eigenvalue weighted by molar-refractivity contribution is 7.92. The zero-order chi connectivity index (χ0) is 14.7. The third-order valence-corrected chi connectivity index (χ3v) is 4.06. The zero-order valence-electron chi connectivity index (χ0n) is 10.8. The van der Waals surface area contributed by atoms with Gasteiger partial charge < -0.3 is 4.98 Å². The second-order valence-corrected chi connectivity index (χ2v) is 5.97. The van der Waals surface area contributed by atoms with Crippen LogP contribution in [0.1, 0.15) is 5.56 Å². The fourth-order valence-electron chi connectivity index (χ4n) is 1.83. The Labute approximate surface area is 120 Å². The SMILES string of the molecule is O=S(=O)(Nc1cccc(Cn2cncn2)c1)c1cnc[nH]1. The molecule has 8 nitrogen and oxygen atoms in total. The highest BCUT2D eigenvalue weighted by atomic mass is 32.2. The quantitative estimate of drug-likeness (QED) is 0.727. The van der Waals surface area contributed by atoms with E-state index >= 15 is 0 Å². The van der Waals surface area contributed by atoms with Gasteiger partial charge in [0.2, 0.25) is 0 Å². The van der Waals surface area contributed by atoms with Crippen LogP contribution in [-0.4, -0.2) is 33.2 Å². The summed E-state index contributed by atoms with van der Waals surface area (Å²) in [6.07, 6.45) is 5.61. The Bertz CT molecular complexity index is 811. The molecule has 0 saturated carbocycles. The van der Waals surface area contributed by atoms with E-state index in [2.05, 4.69) is 24.8 Å². The van der Waals surface area contributed by atoms with Crippen molar-refractivity contribution in [3.05, 3.63) is 55.0 Å². The van der Waals surface area contributed by atoms with E-state index < -0.39 is 10.0 Å². The highest BCUT2D eigenvalue weighted by Gasteiger charge is 2.15. The number of aromatic amines is 1. The van der Waals surface area contributed by atoms with Crippen molar-refractivity contribution in [3.63, 3.8) is 0 Å². The first-order chi connectivity index (χ1) is 10.1. The van der Waals surface area contributed by atoms with Crippen molar-refractivity contribution >= 4 is 15.7 Å². The number of nitrogens with one attached hydrogen (secondary N) is 2. The molecule has 0 aliphatic rings. The minimum atomic E-state index is -3.65. The molecule has 0 saturated heterocycles. The van der Waals surface area contributed by atoms with E-state index in [1.54, 1.807) is 29.2 Å². The number of hydrogen-bond acceptors (Lipinski definition) is 5. The predicted molar refractivity (Wildman–Crippen MR) is 75.0 cm³/mol.